The van der Waals surface area contributed by atoms with Gasteiger partial charge in [-0.1, -0.05) is 11.2 Å². The van der Waals surface area contributed by atoms with Crippen LogP contribution in [0.2, 0.25) is 0 Å². The molecule has 1 aliphatic rings. The minimum atomic E-state index is 0.296. The molecule has 0 amide bonds. The fourth-order valence-corrected chi connectivity index (χ4v) is 2.26. The summed E-state index contributed by atoms with van der Waals surface area (Å²) < 4.78 is 11.0. The fourth-order valence-electron chi connectivity index (χ4n) is 2.26. The van der Waals surface area contributed by atoms with Crippen molar-refractivity contribution in [1.29, 1.82) is 0 Å². The Bertz CT molecular complexity index is 523. The lowest BCUT2D eigenvalue weighted by Crippen LogP contribution is -2.32. The molecule has 6 nitrogen and oxygen atoms in total. The summed E-state index contributed by atoms with van der Waals surface area (Å²) in [7, 11) is 0. The normalized spacial score (nSPS) is 16.4. The van der Waals surface area contributed by atoms with Gasteiger partial charge in [0.25, 0.3) is 5.89 Å². The maximum atomic E-state index is 5.78. The fraction of sp³-hybridized carbons (Fsp3) is 0.500. The number of pyridine rings is 1. The van der Waals surface area contributed by atoms with Crippen molar-refractivity contribution < 1.29 is 9.26 Å². The Morgan fingerprint density at radius 3 is 3.05 bits per heavy atom. The van der Waals surface area contributed by atoms with E-state index in [1.54, 1.807) is 6.20 Å². The number of nitrogens with one attached hydrogen (secondary N) is 1. The van der Waals surface area contributed by atoms with Crippen LogP contribution in [0.25, 0.3) is 0 Å². The highest BCUT2D eigenvalue weighted by Gasteiger charge is 2.15. The van der Waals surface area contributed by atoms with Crippen LogP contribution in [0.4, 0.5) is 0 Å². The average molecular weight is 274 g/mol. The third-order valence-corrected chi connectivity index (χ3v) is 3.32. The molecule has 106 valence electrons. The molecule has 0 atom stereocenters. The van der Waals surface area contributed by atoms with Gasteiger partial charge in [-0.15, -0.1) is 0 Å². The molecule has 0 aromatic carbocycles. The highest BCUT2D eigenvalue weighted by molar-refractivity contribution is 5.13. The van der Waals surface area contributed by atoms with Gasteiger partial charge in [0.1, 0.15) is 6.61 Å². The Labute approximate surface area is 117 Å². The number of piperidine rings is 1. The second kappa shape index (κ2) is 6.58. The maximum absolute atomic E-state index is 5.78. The minimum Gasteiger partial charge on any atom is -0.368 e. The Hall–Kier alpha value is -1.79. The van der Waals surface area contributed by atoms with E-state index in [4.69, 9.17) is 9.26 Å². The minimum absolute atomic E-state index is 0.296. The van der Waals surface area contributed by atoms with E-state index in [1.807, 2.05) is 18.3 Å². The largest absolute Gasteiger partial charge is 0.368 e. The lowest BCUT2D eigenvalue weighted by atomic mass is 10.1. The zero-order valence-corrected chi connectivity index (χ0v) is 11.3. The van der Waals surface area contributed by atoms with Crippen molar-refractivity contribution in [3.8, 4) is 0 Å². The zero-order chi connectivity index (χ0) is 13.6. The number of ether oxygens (including phenoxy) is 1. The van der Waals surface area contributed by atoms with Gasteiger partial charge < -0.3 is 14.6 Å². The summed E-state index contributed by atoms with van der Waals surface area (Å²) in [4.78, 5) is 8.41. The van der Waals surface area contributed by atoms with E-state index in [1.165, 1.54) is 0 Å². The predicted molar refractivity (Wildman–Crippen MR) is 72.0 cm³/mol. The first-order valence-corrected chi connectivity index (χ1v) is 6.93. The molecule has 0 radical (unpaired) electrons. The van der Waals surface area contributed by atoms with Crippen LogP contribution in [-0.4, -0.2) is 34.3 Å². The van der Waals surface area contributed by atoms with Gasteiger partial charge in [0.05, 0.1) is 6.10 Å². The number of aromatic nitrogens is 3. The van der Waals surface area contributed by atoms with Crippen LogP contribution >= 0.6 is 0 Å². The molecule has 2 aromatic heterocycles. The molecule has 0 aliphatic carbocycles. The Kier molecular flexibility index (Phi) is 4.35. The molecular weight excluding hydrogens is 256 g/mol. The summed E-state index contributed by atoms with van der Waals surface area (Å²) in [6.07, 6.45) is 6.56. The standard InChI is InChI=1S/C14H18N4O2/c1-2-11(9-16-5-1)8-13-17-14(20-18-13)10-19-12-3-6-15-7-4-12/h1-2,5,9,12,15H,3-4,6-8,10H2. The summed E-state index contributed by atoms with van der Waals surface area (Å²) >= 11 is 0. The van der Waals surface area contributed by atoms with E-state index in [2.05, 4.69) is 20.4 Å². The molecule has 3 heterocycles. The van der Waals surface area contributed by atoms with Crippen LogP contribution in [0.15, 0.2) is 29.0 Å². The Balaban J connectivity index is 1.51. The van der Waals surface area contributed by atoms with Gasteiger partial charge in [0.15, 0.2) is 5.82 Å². The van der Waals surface area contributed by atoms with Crippen molar-refractivity contribution in [3.63, 3.8) is 0 Å². The van der Waals surface area contributed by atoms with Crippen molar-refractivity contribution >= 4 is 0 Å². The highest BCUT2D eigenvalue weighted by atomic mass is 16.5. The summed E-state index contributed by atoms with van der Waals surface area (Å²) in [5, 5.41) is 7.28. The summed E-state index contributed by atoms with van der Waals surface area (Å²) in [6.45, 7) is 2.42. The van der Waals surface area contributed by atoms with Crippen molar-refractivity contribution in [2.24, 2.45) is 0 Å². The van der Waals surface area contributed by atoms with Gasteiger partial charge in [-0.05, 0) is 37.6 Å². The van der Waals surface area contributed by atoms with Crippen LogP contribution in [-0.2, 0) is 17.8 Å². The Morgan fingerprint density at radius 2 is 2.25 bits per heavy atom. The molecule has 1 aliphatic heterocycles. The molecule has 0 bridgehead atoms. The third-order valence-electron chi connectivity index (χ3n) is 3.32. The van der Waals surface area contributed by atoms with E-state index in [0.717, 1.165) is 31.5 Å². The van der Waals surface area contributed by atoms with E-state index in [9.17, 15) is 0 Å². The second-order valence-corrected chi connectivity index (χ2v) is 4.90. The molecule has 0 unspecified atom stereocenters. The monoisotopic (exact) mass is 274 g/mol. The van der Waals surface area contributed by atoms with Gasteiger partial charge in [-0.25, -0.2) is 0 Å². The first kappa shape index (κ1) is 13.2. The molecule has 1 fully saturated rings. The molecule has 6 heteroatoms. The maximum Gasteiger partial charge on any atom is 0.252 e. The van der Waals surface area contributed by atoms with Crippen molar-refractivity contribution in [1.82, 2.24) is 20.4 Å². The van der Waals surface area contributed by atoms with Crippen LogP contribution in [0.1, 0.15) is 30.1 Å². The predicted octanol–water partition coefficient (Wildman–Crippen LogP) is 1.32. The van der Waals surface area contributed by atoms with Crippen molar-refractivity contribution in [3.05, 3.63) is 41.8 Å². The van der Waals surface area contributed by atoms with Crippen molar-refractivity contribution in [2.75, 3.05) is 13.1 Å². The van der Waals surface area contributed by atoms with Gasteiger partial charge >= 0.3 is 0 Å². The highest BCUT2D eigenvalue weighted by Crippen LogP contribution is 2.11. The van der Waals surface area contributed by atoms with Crippen molar-refractivity contribution in [2.45, 2.75) is 32.0 Å². The van der Waals surface area contributed by atoms with Crippen LogP contribution in [0, 0.1) is 0 Å². The lowest BCUT2D eigenvalue weighted by Gasteiger charge is -2.21. The average Bonchev–Trinajstić information content (AvgIpc) is 2.95. The summed E-state index contributed by atoms with van der Waals surface area (Å²) in [5.41, 5.74) is 1.07. The molecule has 20 heavy (non-hydrogen) atoms. The molecule has 3 rings (SSSR count). The number of rotatable bonds is 5. The summed E-state index contributed by atoms with van der Waals surface area (Å²) in [5.74, 6) is 1.21. The molecular formula is C14H18N4O2. The van der Waals surface area contributed by atoms with Crippen LogP contribution in [0.3, 0.4) is 0 Å². The van der Waals surface area contributed by atoms with Gasteiger partial charge in [-0.3, -0.25) is 4.98 Å². The van der Waals surface area contributed by atoms with Gasteiger partial charge in [0, 0.05) is 18.8 Å². The smallest absolute Gasteiger partial charge is 0.252 e. The Morgan fingerprint density at radius 1 is 1.35 bits per heavy atom. The van der Waals surface area contributed by atoms with E-state index < -0.39 is 0 Å². The zero-order valence-electron chi connectivity index (χ0n) is 11.3. The SMILES string of the molecule is c1cncc(Cc2noc(COC3CCNCC3)n2)c1. The third kappa shape index (κ3) is 3.61. The lowest BCUT2D eigenvalue weighted by molar-refractivity contribution is 0.00859. The van der Waals surface area contributed by atoms with E-state index in [-0.39, 0.29) is 0 Å². The van der Waals surface area contributed by atoms with E-state index >= 15 is 0 Å². The first-order chi connectivity index (χ1) is 9.90. The van der Waals surface area contributed by atoms with Gasteiger partial charge in [-0.2, -0.15) is 4.98 Å². The molecule has 0 saturated carbocycles. The first-order valence-electron chi connectivity index (χ1n) is 6.93. The molecule has 2 aromatic rings. The van der Waals surface area contributed by atoms with Crippen LogP contribution in [0.5, 0.6) is 0 Å². The number of nitrogens with zero attached hydrogens (tertiary/aromatic N) is 3. The topological polar surface area (TPSA) is 73.1 Å². The number of hydrogen-bond donors (Lipinski definition) is 1. The van der Waals surface area contributed by atoms with E-state index in [0.29, 0.717) is 30.8 Å². The molecule has 1 N–H and O–H groups in total. The van der Waals surface area contributed by atoms with Gasteiger partial charge in [0.2, 0.25) is 0 Å². The molecule has 0 spiro atoms. The van der Waals surface area contributed by atoms with Crippen LogP contribution < -0.4 is 5.32 Å². The second-order valence-electron chi connectivity index (χ2n) is 4.90. The summed E-state index contributed by atoms with van der Waals surface area (Å²) in [6, 6.07) is 3.89. The number of hydrogen-bond acceptors (Lipinski definition) is 6. The molecule has 1 saturated heterocycles. The quantitative estimate of drug-likeness (QED) is 0.886.